The summed E-state index contributed by atoms with van der Waals surface area (Å²) < 4.78 is 2.70. The van der Waals surface area contributed by atoms with Crippen LogP contribution in [0.25, 0.3) is 11.3 Å². The van der Waals surface area contributed by atoms with E-state index in [-0.39, 0.29) is 5.91 Å². The van der Waals surface area contributed by atoms with Crippen LogP contribution in [-0.4, -0.2) is 16.5 Å². The smallest absolute Gasteiger partial charge is 0.240 e. The van der Waals surface area contributed by atoms with Gasteiger partial charge in [-0.15, -0.1) is 11.3 Å². The minimum absolute atomic E-state index is 0.0692. The van der Waals surface area contributed by atoms with E-state index < -0.39 is 0 Å². The van der Waals surface area contributed by atoms with Gasteiger partial charge in [-0.25, -0.2) is 0 Å². The summed E-state index contributed by atoms with van der Waals surface area (Å²) in [7, 11) is 0. The number of thiazole rings is 1. The van der Waals surface area contributed by atoms with Gasteiger partial charge in [0.1, 0.15) is 6.54 Å². The van der Waals surface area contributed by atoms with Gasteiger partial charge in [-0.2, -0.15) is 0 Å². The number of carbonyl (C=O) groups is 1. The third-order valence-corrected chi connectivity index (χ3v) is 5.67. The molecule has 0 saturated heterocycles. The Labute approximate surface area is 146 Å². The lowest BCUT2D eigenvalue weighted by molar-refractivity contribution is -0.122. The summed E-state index contributed by atoms with van der Waals surface area (Å²) in [5, 5.41) is 5.21. The van der Waals surface area contributed by atoms with E-state index in [1.54, 1.807) is 0 Å². The molecule has 0 bridgehead atoms. The largest absolute Gasteiger partial charge is 0.352 e. The topological polar surface area (TPSA) is 34.0 Å². The van der Waals surface area contributed by atoms with Crippen LogP contribution in [0.2, 0.25) is 0 Å². The molecular weight excluding hydrogens is 324 g/mol. The first-order valence-electron chi connectivity index (χ1n) is 8.18. The van der Waals surface area contributed by atoms with E-state index in [1.807, 2.05) is 9.95 Å². The van der Waals surface area contributed by atoms with Crippen molar-refractivity contribution < 1.29 is 4.79 Å². The fourth-order valence-electron chi connectivity index (χ4n) is 3.09. The Kier molecular flexibility index (Phi) is 5.28. The summed E-state index contributed by atoms with van der Waals surface area (Å²) in [5.41, 5.74) is 3.36. The molecule has 1 aromatic carbocycles. The summed E-state index contributed by atoms with van der Waals surface area (Å²) >= 11 is 6.94. The third kappa shape index (κ3) is 4.09. The Morgan fingerprint density at radius 1 is 1.26 bits per heavy atom. The van der Waals surface area contributed by atoms with Gasteiger partial charge in [0.2, 0.25) is 5.91 Å². The number of benzene rings is 1. The van der Waals surface area contributed by atoms with Gasteiger partial charge in [0.15, 0.2) is 3.95 Å². The van der Waals surface area contributed by atoms with Gasteiger partial charge in [0, 0.05) is 11.4 Å². The molecule has 1 amide bonds. The Morgan fingerprint density at radius 3 is 2.65 bits per heavy atom. The maximum absolute atomic E-state index is 12.4. The number of hydrogen-bond donors (Lipinski definition) is 1. The first-order valence-corrected chi connectivity index (χ1v) is 9.47. The molecule has 0 spiro atoms. The van der Waals surface area contributed by atoms with Crippen molar-refractivity contribution in [1.82, 2.24) is 9.88 Å². The number of hydrogen-bond acceptors (Lipinski definition) is 3. The van der Waals surface area contributed by atoms with Crippen LogP contribution < -0.4 is 5.32 Å². The number of aryl methyl sites for hydroxylation is 1. The third-order valence-electron chi connectivity index (χ3n) is 4.40. The van der Waals surface area contributed by atoms with E-state index in [9.17, 15) is 4.79 Å². The van der Waals surface area contributed by atoms with E-state index in [2.05, 4.69) is 36.5 Å². The molecule has 3 rings (SSSR count). The van der Waals surface area contributed by atoms with Crippen LogP contribution >= 0.6 is 23.6 Å². The molecule has 1 aromatic heterocycles. The van der Waals surface area contributed by atoms with Gasteiger partial charge in [-0.05, 0) is 37.5 Å². The standard InChI is InChI=1S/C18H22N2OS2/c1-13-7-9-14(10-8-13)16-12-23-18(22)20(16)11-17(21)19-15-5-3-2-4-6-15/h7-10,12,15H,2-6,11H2,1H3,(H,19,21). The average Bonchev–Trinajstić information content (AvgIpc) is 2.90. The zero-order valence-corrected chi connectivity index (χ0v) is 15.0. The molecule has 1 aliphatic rings. The zero-order chi connectivity index (χ0) is 16.2. The second kappa shape index (κ2) is 7.41. The van der Waals surface area contributed by atoms with Gasteiger partial charge in [0.05, 0.1) is 5.69 Å². The second-order valence-corrected chi connectivity index (χ2v) is 7.74. The highest BCUT2D eigenvalue weighted by Gasteiger charge is 2.17. The Hall–Kier alpha value is -1.46. The van der Waals surface area contributed by atoms with Crippen LogP contribution in [0.3, 0.4) is 0 Å². The van der Waals surface area contributed by atoms with Crippen LogP contribution in [0.4, 0.5) is 0 Å². The summed E-state index contributed by atoms with van der Waals surface area (Å²) in [6.07, 6.45) is 5.94. The number of nitrogens with one attached hydrogen (secondary N) is 1. The molecule has 1 saturated carbocycles. The first kappa shape index (κ1) is 16.4. The first-order chi connectivity index (χ1) is 11.1. The van der Waals surface area contributed by atoms with Crippen molar-refractivity contribution in [1.29, 1.82) is 0 Å². The van der Waals surface area contributed by atoms with E-state index in [1.165, 1.54) is 36.2 Å². The molecule has 1 aliphatic carbocycles. The van der Waals surface area contributed by atoms with E-state index in [0.29, 0.717) is 12.6 Å². The maximum atomic E-state index is 12.4. The van der Waals surface area contributed by atoms with Crippen molar-refractivity contribution in [2.45, 2.75) is 51.6 Å². The summed E-state index contributed by atoms with van der Waals surface area (Å²) in [4.78, 5) is 12.4. The highest BCUT2D eigenvalue weighted by Crippen LogP contribution is 2.24. The Balaban J connectivity index is 1.74. The molecular formula is C18H22N2OS2. The second-order valence-electron chi connectivity index (χ2n) is 6.24. The van der Waals surface area contributed by atoms with Crippen molar-refractivity contribution >= 4 is 29.5 Å². The SMILES string of the molecule is Cc1ccc(-c2csc(=S)n2CC(=O)NC2CCCCC2)cc1. The van der Waals surface area contributed by atoms with Crippen LogP contribution in [0, 0.1) is 10.9 Å². The molecule has 2 aromatic rings. The number of aromatic nitrogens is 1. The van der Waals surface area contributed by atoms with Crippen LogP contribution in [-0.2, 0) is 11.3 Å². The molecule has 0 aliphatic heterocycles. The minimum Gasteiger partial charge on any atom is -0.352 e. The molecule has 1 N–H and O–H groups in total. The maximum Gasteiger partial charge on any atom is 0.240 e. The molecule has 122 valence electrons. The van der Waals surface area contributed by atoms with Crippen LogP contribution in [0.15, 0.2) is 29.6 Å². The van der Waals surface area contributed by atoms with Crippen LogP contribution in [0.5, 0.6) is 0 Å². The van der Waals surface area contributed by atoms with Crippen molar-refractivity contribution in [2.75, 3.05) is 0 Å². The average molecular weight is 347 g/mol. The lowest BCUT2D eigenvalue weighted by atomic mass is 9.95. The lowest BCUT2D eigenvalue weighted by Crippen LogP contribution is -2.38. The van der Waals surface area contributed by atoms with Crippen molar-refractivity contribution in [3.63, 3.8) is 0 Å². The highest BCUT2D eigenvalue weighted by atomic mass is 32.1. The molecule has 5 heteroatoms. The molecule has 23 heavy (non-hydrogen) atoms. The predicted molar refractivity (Wildman–Crippen MR) is 98.3 cm³/mol. The summed E-state index contributed by atoms with van der Waals surface area (Å²) in [6.45, 7) is 2.38. The predicted octanol–water partition coefficient (Wildman–Crippen LogP) is 4.70. The summed E-state index contributed by atoms with van der Waals surface area (Å²) in [5.74, 6) is 0.0692. The van der Waals surface area contributed by atoms with E-state index >= 15 is 0 Å². The van der Waals surface area contributed by atoms with Crippen LogP contribution in [0.1, 0.15) is 37.7 Å². The van der Waals surface area contributed by atoms with Crippen molar-refractivity contribution in [2.24, 2.45) is 0 Å². The van der Waals surface area contributed by atoms with Gasteiger partial charge in [-0.1, -0.05) is 49.1 Å². The van der Waals surface area contributed by atoms with E-state index in [4.69, 9.17) is 12.2 Å². The lowest BCUT2D eigenvalue weighted by Gasteiger charge is -2.23. The van der Waals surface area contributed by atoms with Gasteiger partial charge in [-0.3, -0.25) is 4.79 Å². The molecule has 0 atom stereocenters. The Bertz CT molecular complexity index is 724. The Morgan fingerprint density at radius 2 is 1.96 bits per heavy atom. The van der Waals surface area contributed by atoms with Crippen molar-refractivity contribution in [3.05, 3.63) is 39.2 Å². The van der Waals surface area contributed by atoms with Gasteiger partial charge < -0.3 is 9.88 Å². The highest BCUT2D eigenvalue weighted by molar-refractivity contribution is 7.73. The number of nitrogens with zero attached hydrogens (tertiary/aromatic N) is 1. The molecule has 0 unspecified atom stereocenters. The minimum atomic E-state index is 0.0692. The molecule has 1 fully saturated rings. The molecule has 0 radical (unpaired) electrons. The molecule has 3 nitrogen and oxygen atoms in total. The number of rotatable bonds is 4. The fraction of sp³-hybridized carbons (Fsp3) is 0.444. The van der Waals surface area contributed by atoms with Crippen molar-refractivity contribution in [3.8, 4) is 11.3 Å². The number of amides is 1. The summed E-state index contributed by atoms with van der Waals surface area (Å²) in [6, 6.07) is 8.68. The number of carbonyl (C=O) groups excluding carboxylic acids is 1. The normalized spacial score (nSPS) is 15.5. The van der Waals surface area contributed by atoms with E-state index in [0.717, 1.165) is 28.1 Å². The van der Waals surface area contributed by atoms with Gasteiger partial charge in [0.25, 0.3) is 0 Å². The molecule has 1 heterocycles. The quantitative estimate of drug-likeness (QED) is 0.814. The zero-order valence-electron chi connectivity index (χ0n) is 13.4. The monoisotopic (exact) mass is 346 g/mol. The van der Waals surface area contributed by atoms with Gasteiger partial charge >= 0.3 is 0 Å². The fourth-order valence-corrected chi connectivity index (χ4v) is 4.17.